The number of amides is 1. The number of imidazole rings is 1. The van der Waals surface area contributed by atoms with E-state index in [4.69, 9.17) is 4.74 Å². The molecule has 0 aromatic carbocycles. The van der Waals surface area contributed by atoms with Gasteiger partial charge in [-0.15, -0.1) is 0 Å². The quantitative estimate of drug-likeness (QED) is 0.661. The number of hydrogen-bond acceptors (Lipinski definition) is 5. The molecule has 1 aliphatic heterocycles. The maximum absolute atomic E-state index is 13.3. The van der Waals surface area contributed by atoms with Gasteiger partial charge in [-0.1, -0.05) is 11.3 Å². The van der Waals surface area contributed by atoms with E-state index in [2.05, 4.69) is 10.1 Å². The number of halogens is 6. The fraction of sp³-hybridized carbons (Fsp3) is 0.533. The third kappa shape index (κ3) is 4.46. The van der Waals surface area contributed by atoms with Crippen molar-refractivity contribution in [2.45, 2.75) is 38.3 Å². The zero-order chi connectivity index (χ0) is 20.7. The Morgan fingerprint density at radius 3 is 2.57 bits per heavy atom. The number of ether oxygens (including phenoxy) is 1. The number of carbonyl (C=O) groups excluding carboxylic acids is 1. The van der Waals surface area contributed by atoms with Crippen molar-refractivity contribution in [1.29, 1.82) is 0 Å². The molecule has 0 atom stereocenters. The highest BCUT2D eigenvalue weighted by Gasteiger charge is 2.40. The molecular formula is C15H14F6N4O2S. The molecule has 0 unspecified atom stereocenters. The topological polar surface area (TPSA) is 59.7 Å². The van der Waals surface area contributed by atoms with Crippen molar-refractivity contribution in [3.63, 3.8) is 0 Å². The van der Waals surface area contributed by atoms with Crippen LogP contribution in [0.3, 0.4) is 0 Å². The highest BCUT2D eigenvalue weighted by Crippen LogP contribution is 2.34. The number of methoxy groups -OCH3 is 1. The zero-order valence-corrected chi connectivity index (χ0v) is 15.2. The SMILES string of the molecule is COCc1nn2c(CN3CC(CCC(F)(F)F)=CC3=O)c(C(F)(F)F)nc2s1. The van der Waals surface area contributed by atoms with E-state index in [1.54, 1.807) is 0 Å². The highest BCUT2D eigenvalue weighted by molar-refractivity contribution is 7.16. The van der Waals surface area contributed by atoms with E-state index in [9.17, 15) is 31.1 Å². The Bertz CT molecular complexity index is 914. The summed E-state index contributed by atoms with van der Waals surface area (Å²) in [5, 5.41) is 4.44. The third-order valence-electron chi connectivity index (χ3n) is 3.98. The highest BCUT2D eigenvalue weighted by atomic mass is 32.1. The van der Waals surface area contributed by atoms with Gasteiger partial charge in [0, 0.05) is 26.2 Å². The Kier molecular flexibility index (Phi) is 5.40. The van der Waals surface area contributed by atoms with Crippen molar-refractivity contribution in [2.24, 2.45) is 0 Å². The van der Waals surface area contributed by atoms with Gasteiger partial charge >= 0.3 is 12.4 Å². The van der Waals surface area contributed by atoms with Crippen LogP contribution in [0.1, 0.15) is 29.2 Å². The fourth-order valence-electron chi connectivity index (χ4n) is 2.78. The summed E-state index contributed by atoms with van der Waals surface area (Å²) in [6.45, 7) is -0.563. The predicted octanol–water partition coefficient (Wildman–Crippen LogP) is 3.57. The van der Waals surface area contributed by atoms with E-state index >= 15 is 0 Å². The van der Waals surface area contributed by atoms with Crippen molar-refractivity contribution in [3.8, 4) is 0 Å². The van der Waals surface area contributed by atoms with Gasteiger partial charge in [0.15, 0.2) is 5.69 Å². The van der Waals surface area contributed by atoms with Gasteiger partial charge < -0.3 is 9.64 Å². The molecule has 1 amide bonds. The van der Waals surface area contributed by atoms with Crippen LogP contribution in [-0.4, -0.2) is 45.2 Å². The molecule has 0 saturated carbocycles. The molecule has 0 aliphatic carbocycles. The van der Waals surface area contributed by atoms with Crippen LogP contribution in [0.25, 0.3) is 4.96 Å². The third-order valence-corrected chi connectivity index (χ3v) is 4.86. The van der Waals surface area contributed by atoms with Gasteiger partial charge in [-0.2, -0.15) is 31.4 Å². The fourth-order valence-corrected chi connectivity index (χ4v) is 3.67. The van der Waals surface area contributed by atoms with Gasteiger partial charge in [-0.25, -0.2) is 9.50 Å². The number of nitrogens with zero attached hydrogens (tertiary/aromatic N) is 4. The molecule has 3 rings (SSSR count). The molecule has 0 fully saturated rings. The summed E-state index contributed by atoms with van der Waals surface area (Å²) in [6.07, 6.45) is -9.59. The van der Waals surface area contributed by atoms with Crippen LogP contribution in [0, 0.1) is 0 Å². The first kappa shape index (κ1) is 20.6. The normalized spacial score (nSPS) is 15.8. The first-order valence-electron chi connectivity index (χ1n) is 7.96. The molecule has 3 heterocycles. The van der Waals surface area contributed by atoms with Crippen LogP contribution in [-0.2, 0) is 28.9 Å². The van der Waals surface area contributed by atoms with Crippen molar-refractivity contribution >= 4 is 22.2 Å². The van der Waals surface area contributed by atoms with E-state index < -0.39 is 36.9 Å². The molecule has 0 N–H and O–H groups in total. The molecule has 2 aromatic rings. The van der Waals surface area contributed by atoms with Gasteiger partial charge in [-0.3, -0.25) is 4.79 Å². The van der Waals surface area contributed by atoms with Crippen molar-refractivity contribution in [1.82, 2.24) is 19.5 Å². The number of carbonyl (C=O) groups is 1. The Morgan fingerprint density at radius 2 is 1.96 bits per heavy atom. The largest absolute Gasteiger partial charge is 0.435 e. The number of hydrogen-bond donors (Lipinski definition) is 0. The van der Waals surface area contributed by atoms with Crippen LogP contribution < -0.4 is 0 Å². The van der Waals surface area contributed by atoms with E-state index in [1.807, 2.05) is 0 Å². The first-order chi connectivity index (χ1) is 13.0. The number of rotatable bonds is 6. The van der Waals surface area contributed by atoms with Crippen LogP contribution in [0.4, 0.5) is 26.3 Å². The number of aromatic nitrogens is 3. The van der Waals surface area contributed by atoms with Gasteiger partial charge in [0.2, 0.25) is 10.9 Å². The van der Waals surface area contributed by atoms with Crippen LogP contribution in [0.5, 0.6) is 0 Å². The lowest BCUT2D eigenvalue weighted by Crippen LogP contribution is -2.28. The minimum atomic E-state index is -4.76. The van der Waals surface area contributed by atoms with E-state index in [0.29, 0.717) is 5.01 Å². The van der Waals surface area contributed by atoms with Crippen LogP contribution >= 0.6 is 11.3 Å². The summed E-state index contributed by atoms with van der Waals surface area (Å²) in [7, 11) is 1.41. The van der Waals surface area contributed by atoms with E-state index in [1.165, 1.54) is 7.11 Å². The molecule has 0 bridgehead atoms. The second-order valence-corrected chi connectivity index (χ2v) is 7.18. The first-order valence-corrected chi connectivity index (χ1v) is 8.78. The van der Waals surface area contributed by atoms with Gasteiger partial charge in [0.1, 0.15) is 5.01 Å². The maximum atomic E-state index is 13.3. The molecule has 1 aliphatic rings. The summed E-state index contributed by atoms with van der Waals surface area (Å²) in [5.74, 6) is -0.646. The molecule has 13 heteroatoms. The molecule has 28 heavy (non-hydrogen) atoms. The molecule has 154 valence electrons. The monoisotopic (exact) mass is 428 g/mol. The van der Waals surface area contributed by atoms with Crippen molar-refractivity contribution in [3.05, 3.63) is 28.0 Å². The standard InChI is InChI=1S/C15H14F6N4O2S/c1-27-7-10-23-25-9(12(15(19,20)21)22-13(25)28-10)6-24-5-8(4-11(24)26)2-3-14(16,17)18/h4H,2-3,5-7H2,1H3. The summed E-state index contributed by atoms with van der Waals surface area (Å²) >= 11 is 0.917. The lowest BCUT2D eigenvalue weighted by Gasteiger charge is -2.17. The summed E-state index contributed by atoms with van der Waals surface area (Å²) < 4.78 is 83.0. The summed E-state index contributed by atoms with van der Waals surface area (Å²) in [6, 6.07) is 0. The Hall–Kier alpha value is -2.15. The number of alkyl halides is 6. The second kappa shape index (κ2) is 7.35. The average molecular weight is 428 g/mol. The lowest BCUT2D eigenvalue weighted by atomic mass is 10.1. The second-order valence-electron chi connectivity index (χ2n) is 6.14. The van der Waals surface area contributed by atoms with Gasteiger partial charge in [0.25, 0.3) is 0 Å². The molecule has 0 spiro atoms. The van der Waals surface area contributed by atoms with Gasteiger partial charge in [-0.05, 0) is 12.0 Å². The molecular weight excluding hydrogens is 414 g/mol. The van der Waals surface area contributed by atoms with Gasteiger partial charge in [0.05, 0.1) is 18.8 Å². The summed E-state index contributed by atoms with van der Waals surface area (Å²) in [5.41, 5.74) is -1.30. The minimum Gasteiger partial charge on any atom is -0.377 e. The number of fused-ring (bicyclic) bond motifs is 1. The molecule has 0 radical (unpaired) electrons. The van der Waals surface area contributed by atoms with Crippen LogP contribution in [0.2, 0.25) is 0 Å². The van der Waals surface area contributed by atoms with Crippen molar-refractivity contribution in [2.75, 3.05) is 13.7 Å². The Balaban J connectivity index is 1.84. The molecule has 6 nitrogen and oxygen atoms in total. The average Bonchev–Trinajstić information content (AvgIpc) is 3.19. The Labute approximate surface area is 158 Å². The Morgan fingerprint density at radius 1 is 1.25 bits per heavy atom. The van der Waals surface area contributed by atoms with Crippen molar-refractivity contribution < 1.29 is 35.9 Å². The minimum absolute atomic E-state index is 0.00808. The maximum Gasteiger partial charge on any atom is 0.435 e. The molecule has 2 aromatic heterocycles. The summed E-state index contributed by atoms with van der Waals surface area (Å²) in [4.78, 5) is 16.7. The zero-order valence-electron chi connectivity index (χ0n) is 14.4. The van der Waals surface area contributed by atoms with Crippen LogP contribution in [0.15, 0.2) is 11.6 Å². The predicted molar refractivity (Wildman–Crippen MR) is 85.4 cm³/mol. The van der Waals surface area contributed by atoms with E-state index in [-0.39, 0.29) is 35.8 Å². The molecule has 0 saturated heterocycles. The van der Waals surface area contributed by atoms with E-state index in [0.717, 1.165) is 26.8 Å². The smallest absolute Gasteiger partial charge is 0.377 e. The lowest BCUT2D eigenvalue weighted by molar-refractivity contribution is -0.142.